The molecule has 2 heterocycles. The lowest BCUT2D eigenvalue weighted by atomic mass is 10.4. The fraction of sp³-hybridized carbons (Fsp3) is 0. The maximum Gasteiger partial charge on any atom is 0.301 e. The van der Waals surface area contributed by atoms with E-state index in [0.29, 0.717) is 10.2 Å². The lowest BCUT2D eigenvalue weighted by Gasteiger charge is -2.02. The Morgan fingerprint density at radius 1 is 1.53 bits per heavy atom. The lowest BCUT2D eigenvalue weighted by molar-refractivity contribution is -0.388. The number of nitrogens with two attached hydrogens (primary N) is 1. The molecule has 0 bridgehead atoms. The maximum absolute atomic E-state index is 10.8. The summed E-state index contributed by atoms with van der Waals surface area (Å²) in [5, 5.41) is 11.0. The summed E-state index contributed by atoms with van der Waals surface area (Å²) in [6.45, 7) is 0. The summed E-state index contributed by atoms with van der Waals surface area (Å²) in [4.78, 5) is 18.2. The van der Waals surface area contributed by atoms with Crippen LogP contribution in [0.5, 0.6) is 0 Å². The Kier molecular flexibility index (Phi) is 3.46. The molecule has 10 heteroatoms. The van der Waals surface area contributed by atoms with E-state index in [1.807, 2.05) is 0 Å². The molecule has 0 saturated carbocycles. The molecule has 3 N–H and O–H groups in total. The van der Waals surface area contributed by atoms with Crippen molar-refractivity contribution in [3.05, 3.63) is 28.6 Å². The standard InChI is InChI=1S/C7H6N6O2S2/c8-12-5-2-1-4(13(14)15)6(11-5)16-7-9-3-10-17-7/h1-3H,8H2,(H,11,12). The number of hydrogen-bond donors (Lipinski definition) is 2. The summed E-state index contributed by atoms with van der Waals surface area (Å²) in [5.74, 6) is 5.55. The fourth-order valence-electron chi connectivity index (χ4n) is 1.02. The van der Waals surface area contributed by atoms with Gasteiger partial charge >= 0.3 is 5.69 Å². The molecule has 88 valence electrons. The highest BCUT2D eigenvalue weighted by Gasteiger charge is 2.18. The van der Waals surface area contributed by atoms with Crippen molar-refractivity contribution < 1.29 is 4.92 Å². The number of anilines is 1. The van der Waals surface area contributed by atoms with Crippen molar-refractivity contribution in [1.29, 1.82) is 0 Å². The third kappa shape index (κ3) is 2.67. The molecule has 2 aromatic heterocycles. The molecule has 2 rings (SSSR count). The second-order valence-electron chi connectivity index (χ2n) is 2.73. The Morgan fingerprint density at radius 2 is 2.35 bits per heavy atom. The molecule has 0 amide bonds. The summed E-state index contributed by atoms with van der Waals surface area (Å²) >= 11 is 2.21. The van der Waals surface area contributed by atoms with E-state index in [1.54, 1.807) is 0 Å². The van der Waals surface area contributed by atoms with Crippen LogP contribution in [0, 0.1) is 10.1 Å². The van der Waals surface area contributed by atoms with Gasteiger partial charge in [-0.3, -0.25) is 10.1 Å². The number of nitrogens with one attached hydrogen (secondary N) is 1. The summed E-state index contributed by atoms with van der Waals surface area (Å²) in [6.07, 6.45) is 1.38. The first-order valence-corrected chi connectivity index (χ1v) is 5.86. The van der Waals surface area contributed by atoms with Gasteiger partial charge in [0.1, 0.15) is 12.1 Å². The molecule has 0 atom stereocenters. The minimum absolute atomic E-state index is 0.0933. The van der Waals surface area contributed by atoms with Crippen LogP contribution in [0.4, 0.5) is 11.5 Å². The number of nitrogens with zero attached hydrogens (tertiary/aromatic N) is 4. The Morgan fingerprint density at radius 3 is 2.94 bits per heavy atom. The molecular weight excluding hydrogens is 264 g/mol. The van der Waals surface area contributed by atoms with Gasteiger partial charge in [-0.15, -0.1) is 0 Å². The van der Waals surface area contributed by atoms with Gasteiger partial charge in [-0.05, 0) is 29.4 Å². The SMILES string of the molecule is NNc1ccc([N+](=O)[O-])c(Sc2ncns2)n1. The predicted molar refractivity (Wildman–Crippen MR) is 62.7 cm³/mol. The molecule has 0 radical (unpaired) electrons. The van der Waals surface area contributed by atoms with E-state index in [4.69, 9.17) is 5.84 Å². The minimum Gasteiger partial charge on any atom is -0.308 e. The van der Waals surface area contributed by atoms with Crippen LogP contribution < -0.4 is 11.3 Å². The van der Waals surface area contributed by atoms with Crippen LogP contribution >= 0.6 is 23.3 Å². The zero-order valence-electron chi connectivity index (χ0n) is 8.23. The first-order valence-electron chi connectivity index (χ1n) is 4.27. The Hall–Kier alpha value is -1.78. The van der Waals surface area contributed by atoms with E-state index in [-0.39, 0.29) is 10.7 Å². The van der Waals surface area contributed by atoms with E-state index < -0.39 is 4.92 Å². The van der Waals surface area contributed by atoms with Gasteiger partial charge in [0.15, 0.2) is 9.37 Å². The Bertz CT molecular complexity index is 531. The first kappa shape index (κ1) is 11.7. The Labute approximate surface area is 104 Å². The van der Waals surface area contributed by atoms with E-state index in [0.717, 1.165) is 23.3 Å². The molecule has 0 aliphatic heterocycles. The topological polar surface area (TPSA) is 120 Å². The third-order valence-electron chi connectivity index (χ3n) is 1.71. The number of pyridine rings is 1. The number of hydrazine groups is 1. The van der Waals surface area contributed by atoms with Gasteiger partial charge in [0, 0.05) is 6.07 Å². The molecule has 0 fully saturated rings. The maximum atomic E-state index is 10.8. The molecule has 2 aromatic rings. The quantitative estimate of drug-likeness (QED) is 0.484. The fourth-order valence-corrected chi connectivity index (χ4v) is 2.47. The van der Waals surface area contributed by atoms with Crippen LogP contribution in [-0.4, -0.2) is 19.3 Å². The van der Waals surface area contributed by atoms with Crippen LogP contribution in [0.15, 0.2) is 27.8 Å². The molecule has 0 saturated heterocycles. The highest BCUT2D eigenvalue weighted by Crippen LogP contribution is 2.34. The second kappa shape index (κ2) is 5.03. The molecule has 0 aliphatic carbocycles. The normalized spacial score (nSPS) is 10.2. The number of hydrogen-bond acceptors (Lipinski definition) is 9. The second-order valence-corrected chi connectivity index (χ2v) is 4.75. The smallest absolute Gasteiger partial charge is 0.301 e. The van der Waals surface area contributed by atoms with Crippen molar-refractivity contribution in [1.82, 2.24) is 14.3 Å². The molecule has 0 aliphatic rings. The minimum atomic E-state index is -0.503. The van der Waals surface area contributed by atoms with Gasteiger partial charge in [-0.2, -0.15) is 4.37 Å². The lowest BCUT2D eigenvalue weighted by Crippen LogP contribution is -2.09. The van der Waals surface area contributed by atoms with Crippen LogP contribution in [0.2, 0.25) is 0 Å². The zero-order valence-corrected chi connectivity index (χ0v) is 9.86. The van der Waals surface area contributed by atoms with E-state index in [1.165, 1.54) is 18.5 Å². The van der Waals surface area contributed by atoms with Gasteiger partial charge in [0.05, 0.1) is 4.92 Å². The number of nitrogen functional groups attached to an aromatic ring is 1. The van der Waals surface area contributed by atoms with Crippen molar-refractivity contribution in [2.24, 2.45) is 5.84 Å². The summed E-state index contributed by atoms with van der Waals surface area (Å²) in [7, 11) is 0. The highest BCUT2D eigenvalue weighted by molar-refractivity contribution is 8.01. The monoisotopic (exact) mass is 270 g/mol. The first-order chi connectivity index (χ1) is 8.20. The molecule has 0 aromatic carbocycles. The van der Waals surface area contributed by atoms with Crippen molar-refractivity contribution in [2.45, 2.75) is 9.37 Å². The molecule has 17 heavy (non-hydrogen) atoms. The van der Waals surface area contributed by atoms with Crippen molar-refractivity contribution >= 4 is 34.8 Å². The highest BCUT2D eigenvalue weighted by atomic mass is 32.2. The molecule has 8 nitrogen and oxygen atoms in total. The molecular formula is C7H6N6O2S2. The van der Waals surface area contributed by atoms with Crippen molar-refractivity contribution in [2.75, 3.05) is 5.43 Å². The van der Waals surface area contributed by atoms with Gasteiger partial charge in [0.25, 0.3) is 0 Å². The van der Waals surface area contributed by atoms with Gasteiger partial charge in [-0.1, -0.05) is 0 Å². The van der Waals surface area contributed by atoms with E-state index >= 15 is 0 Å². The van der Waals surface area contributed by atoms with E-state index in [2.05, 4.69) is 19.8 Å². The Balaban J connectivity index is 2.38. The number of rotatable bonds is 4. The van der Waals surface area contributed by atoms with Crippen LogP contribution in [-0.2, 0) is 0 Å². The average Bonchev–Trinajstić information content (AvgIpc) is 2.81. The van der Waals surface area contributed by atoms with Gasteiger partial charge in [-0.25, -0.2) is 15.8 Å². The summed E-state index contributed by atoms with van der Waals surface area (Å²) in [5.41, 5.74) is 2.24. The molecule has 0 unspecified atom stereocenters. The van der Waals surface area contributed by atoms with Crippen LogP contribution in [0.1, 0.15) is 0 Å². The summed E-state index contributed by atoms with van der Waals surface area (Å²) < 4.78 is 4.39. The number of nitro groups is 1. The van der Waals surface area contributed by atoms with Gasteiger partial charge in [0.2, 0.25) is 0 Å². The average molecular weight is 270 g/mol. The predicted octanol–water partition coefficient (Wildman–Crippen LogP) is 1.28. The zero-order chi connectivity index (χ0) is 12.3. The molecule has 0 spiro atoms. The third-order valence-corrected chi connectivity index (χ3v) is 3.42. The van der Waals surface area contributed by atoms with Crippen molar-refractivity contribution in [3.8, 4) is 0 Å². The van der Waals surface area contributed by atoms with Gasteiger partial charge < -0.3 is 5.43 Å². The van der Waals surface area contributed by atoms with E-state index in [9.17, 15) is 10.1 Å². The summed E-state index contributed by atoms with van der Waals surface area (Å²) in [6, 6.07) is 2.77. The number of aromatic nitrogens is 3. The largest absolute Gasteiger partial charge is 0.308 e. The van der Waals surface area contributed by atoms with Crippen molar-refractivity contribution in [3.63, 3.8) is 0 Å². The van der Waals surface area contributed by atoms with Crippen LogP contribution in [0.3, 0.4) is 0 Å². The van der Waals surface area contributed by atoms with Crippen LogP contribution in [0.25, 0.3) is 0 Å².